The van der Waals surface area contributed by atoms with Crippen molar-refractivity contribution in [2.75, 3.05) is 34.2 Å². The smallest absolute Gasteiger partial charge is 0.408 e. The van der Waals surface area contributed by atoms with Crippen LogP contribution in [0.25, 0.3) is 0 Å². The first-order valence-electron chi connectivity index (χ1n) is 10.1. The van der Waals surface area contributed by atoms with Gasteiger partial charge in [0.2, 0.25) is 0 Å². The van der Waals surface area contributed by atoms with Gasteiger partial charge in [0.25, 0.3) is 5.91 Å². The summed E-state index contributed by atoms with van der Waals surface area (Å²) in [6.07, 6.45) is 0.291. The third kappa shape index (κ3) is 9.62. The molecule has 0 saturated carbocycles. The van der Waals surface area contributed by atoms with E-state index >= 15 is 0 Å². The number of rotatable bonds is 7. The molecule has 0 heterocycles. The molecular formula is C22H37N5O3. The van der Waals surface area contributed by atoms with Crippen molar-refractivity contribution in [3.63, 3.8) is 0 Å². The molecule has 0 spiro atoms. The van der Waals surface area contributed by atoms with E-state index in [4.69, 9.17) is 4.74 Å². The fourth-order valence-electron chi connectivity index (χ4n) is 2.59. The Morgan fingerprint density at radius 2 is 1.77 bits per heavy atom. The lowest BCUT2D eigenvalue weighted by molar-refractivity contribution is 0.0473. The quantitative estimate of drug-likeness (QED) is 0.466. The molecule has 0 aromatic heterocycles. The number of alkyl carbamates (subject to hydrolysis) is 1. The van der Waals surface area contributed by atoms with Crippen LogP contribution in [0.3, 0.4) is 0 Å². The number of guanidine groups is 1. The van der Waals surface area contributed by atoms with Gasteiger partial charge in [-0.2, -0.15) is 0 Å². The van der Waals surface area contributed by atoms with Gasteiger partial charge in [-0.3, -0.25) is 9.79 Å². The largest absolute Gasteiger partial charge is 0.444 e. The van der Waals surface area contributed by atoms with Crippen molar-refractivity contribution in [3.05, 3.63) is 35.4 Å². The second-order valence-corrected chi connectivity index (χ2v) is 9.01. The molecule has 0 radical (unpaired) electrons. The van der Waals surface area contributed by atoms with Crippen LogP contribution in [0.1, 0.15) is 50.5 Å². The zero-order valence-corrected chi connectivity index (χ0v) is 19.5. The Labute approximate surface area is 180 Å². The summed E-state index contributed by atoms with van der Waals surface area (Å²) >= 11 is 0. The van der Waals surface area contributed by atoms with Crippen LogP contribution in [0.15, 0.2) is 29.3 Å². The number of carbonyl (C=O) groups excluding carboxylic acids is 2. The van der Waals surface area contributed by atoms with Crippen LogP contribution >= 0.6 is 0 Å². The Bertz CT molecular complexity index is 751. The molecule has 3 N–H and O–H groups in total. The maximum absolute atomic E-state index is 12.1. The third-order valence-electron chi connectivity index (χ3n) is 4.05. The van der Waals surface area contributed by atoms with E-state index in [1.807, 2.05) is 58.9 Å². The third-order valence-corrected chi connectivity index (χ3v) is 4.05. The zero-order valence-electron chi connectivity index (χ0n) is 19.5. The molecule has 30 heavy (non-hydrogen) atoms. The number of amides is 2. The predicted molar refractivity (Wildman–Crippen MR) is 121 cm³/mol. The van der Waals surface area contributed by atoms with Gasteiger partial charge in [-0.25, -0.2) is 4.79 Å². The highest BCUT2D eigenvalue weighted by Crippen LogP contribution is 2.09. The van der Waals surface area contributed by atoms with Crippen LogP contribution in [0.4, 0.5) is 4.79 Å². The molecule has 0 saturated heterocycles. The molecule has 1 rings (SSSR count). The van der Waals surface area contributed by atoms with Crippen LogP contribution in [-0.4, -0.2) is 68.2 Å². The van der Waals surface area contributed by atoms with E-state index in [0.717, 1.165) is 12.0 Å². The molecule has 0 fully saturated rings. The fraction of sp³-hybridized carbons (Fsp3) is 0.591. The molecule has 0 aliphatic rings. The highest BCUT2D eigenvalue weighted by atomic mass is 16.6. The first kappa shape index (κ1) is 25.3. The lowest BCUT2D eigenvalue weighted by Gasteiger charge is -2.29. The maximum atomic E-state index is 12.1. The van der Waals surface area contributed by atoms with Crippen LogP contribution in [-0.2, 0) is 11.2 Å². The summed E-state index contributed by atoms with van der Waals surface area (Å²) in [5.41, 5.74) is 0.674. The maximum Gasteiger partial charge on any atom is 0.408 e. The fourth-order valence-corrected chi connectivity index (χ4v) is 2.59. The summed E-state index contributed by atoms with van der Waals surface area (Å²) in [6.45, 7) is 10.4. The van der Waals surface area contributed by atoms with Crippen molar-refractivity contribution in [2.45, 2.75) is 52.2 Å². The first-order chi connectivity index (χ1) is 13.8. The summed E-state index contributed by atoms with van der Waals surface area (Å²) in [7, 11) is 5.18. The molecule has 1 aromatic carbocycles. The van der Waals surface area contributed by atoms with E-state index in [0.29, 0.717) is 24.6 Å². The van der Waals surface area contributed by atoms with Gasteiger partial charge in [0.15, 0.2) is 5.96 Å². The van der Waals surface area contributed by atoms with Crippen molar-refractivity contribution in [1.29, 1.82) is 0 Å². The van der Waals surface area contributed by atoms with Gasteiger partial charge in [-0.1, -0.05) is 12.1 Å². The van der Waals surface area contributed by atoms with Crippen molar-refractivity contribution >= 4 is 18.0 Å². The minimum Gasteiger partial charge on any atom is -0.444 e. The molecule has 0 aliphatic carbocycles. The molecular weight excluding hydrogens is 382 g/mol. The van der Waals surface area contributed by atoms with Gasteiger partial charge in [0, 0.05) is 39.8 Å². The van der Waals surface area contributed by atoms with Crippen molar-refractivity contribution in [2.24, 2.45) is 4.99 Å². The molecule has 0 aliphatic heterocycles. The number of ether oxygens (including phenoxy) is 1. The number of nitrogens with zero attached hydrogens (tertiary/aromatic N) is 2. The summed E-state index contributed by atoms with van der Waals surface area (Å²) in [5.74, 6) is 0.622. The number of carbonyl (C=O) groups is 2. The Morgan fingerprint density at radius 3 is 2.33 bits per heavy atom. The van der Waals surface area contributed by atoms with Crippen molar-refractivity contribution < 1.29 is 14.3 Å². The van der Waals surface area contributed by atoms with Crippen LogP contribution in [0, 0.1) is 0 Å². The van der Waals surface area contributed by atoms with Gasteiger partial charge in [0.1, 0.15) is 5.60 Å². The Kier molecular flexibility index (Phi) is 9.14. The number of benzene rings is 1. The number of hydrogen-bond donors (Lipinski definition) is 3. The Balaban J connectivity index is 2.51. The molecule has 168 valence electrons. The lowest BCUT2D eigenvalue weighted by Crippen LogP contribution is -2.54. The van der Waals surface area contributed by atoms with E-state index in [1.165, 1.54) is 0 Å². The molecule has 8 nitrogen and oxygen atoms in total. The zero-order chi connectivity index (χ0) is 22.9. The summed E-state index contributed by atoms with van der Waals surface area (Å²) in [6, 6.07) is 7.62. The summed E-state index contributed by atoms with van der Waals surface area (Å²) < 4.78 is 5.31. The molecule has 1 aromatic rings. The predicted octanol–water partition coefficient (Wildman–Crippen LogP) is 2.40. The van der Waals surface area contributed by atoms with E-state index in [2.05, 4.69) is 20.9 Å². The van der Waals surface area contributed by atoms with Gasteiger partial charge >= 0.3 is 6.09 Å². The Hall–Kier alpha value is -2.77. The average Bonchev–Trinajstić information content (AvgIpc) is 2.61. The molecule has 0 unspecified atom stereocenters. The normalized spacial score (nSPS) is 12.2. The number of aliphatic imine (C=N–C) groups is 1. The summed E-state index contributed by atoms with van der Waals surface area (Å²) in [5, 5.41) is 9.33. The second-order valence-electron chi connectivity index (χ2n) is 9.01. The van der Waals surface area contributed by atoms with E-state index in [1.54, 1.807) is 26.0 Å². The highest BCUT2D eigenvalue weighted by molar-refractivity contribution is 5.94. The summed E-state index contributed by atoms with van der Waals surface area (Å²) in [4.78, 5) is 29.9. The molecule has 0 atom stereocenters. The van der Waals surface area contributed by atoms with Crippen molar-refractivity contribution in [3.8, 4) is 0 Å². The standard InChI is InChI=1S/C22H37N5O3/c1-21(2,3)30-20(29)26-22(4,5)15-25-19(23-6)24-13-12-16-10-9-11-17(14-16)18(28)27(7)8/h9-11,14H,12-13,15H2,1-8H3,(H,26,29)(H2,23,24,25). The highest BCUT2D eigenvalue weighted by Gasteiger charge is 2.24. The van der Waals surface area contributed by atoms with Crippen LogP contribution in [0.5, 0.6) is 0 Å². The molecule has 0 bridgehead atoms. The molecule has 8 heteroatoms. The second kappa shape index (κ2) is 10.8. The molecule has 2 amide bonds. The van der Waals surface area contributed by atoms with Crippen molar-refractivity contribution in [1.82, 2.24) is 20.9 Å². The minimum absolute atomic E-state index is 0.0120. The van der Waals surface area contributed by atoms with E-state index < -0.39 is 17.2 Å². The van der Waals surface area contributed by atoms with E-state index in [9.17, 15) is 9.59 Å². The number of nitrogens with one attached hydrogen (secondary N) is 3. The minimum atomic E-state index is -0.542. The number of hydrogen-bond acceptors (Lipinski definition) is 4. The van der Waals surface area contributed by atoms with E-state index in [-0.39, 0.29) is 5.91 Å². The van der Waals surface area contributed by atoms with Crippen LogP contribution < -0.4 is 16.0 Å². The topological polar surface area (TPSA) is 95.1 Å². The lowest BCUT2D eigenvalue weighted by atomic mass is 10.1. The SMILES string of the molecule is CN=C(NCCc1cccc(C(=O)N(C)C)c1)NCC(C)(C)NC(=O)OC(C)(C)C. The van der Waals surface area contributed by atoms with Gasteiger partial charge in [-0.15, -0.1) is 0 Å². The monoisotopic (exact) mass is 419 g/mol. The first-order valence-corrected chi connectivity index (χ1v) is 10.1. The average molecular weight is 420 g/mol. The van der Waals surface area contributed by atoms with Gasteiger partial charge < -0.3 is 25.6 Å². The van der Waals surface area contributed by atoms with Gasteiger partial charge in [0.05, 0.1) is 5.54 Å². The Morgan fingerprint density at radius 1 is 1.10 bits per heavy atom. The van der Waals surface area contributed by atoms with Crippen LogP contribution in [0.2, 0.25) is 0 Å². The van der Waals surface area contributed by atoms with Gasteiger partial charge in [-0.05, 0) is 58.7 Å².